The van der Waals surface area contributed by atoms with Crippen LogP contribution in [-0.4, -0.2) is 26.2 Å². The van der Waals surface area contributed by atoms with Crippen molar-refractivity contribution in [1.29, 1.82) is 0 Å². The summed E-state index contributed by atoms with van der Waals surface area (Å²) >= 11 is 6.14. The van der Waals surface area contributed by atoms with Gasteiger partial charge in [-0.3, -0.25) is 0 Å². The number of methoxy groups -OCH3 is 2. The quantitative estimate of drug-likeness (QED) is 0.639. The summed E-state index contributed by atoms with van der Waals surface area (Å²) in [5.74, 6) is -0.727. The molecule has 0 atom stereocenters. The van der Waals surface area contributed by atoms with Gasteiger partial charge in [0.25, 0.3) is 0 Å². The van der Waals surface area contributed by atoms with Crippen LogP contribution < -0.4 is 9.64 Å². The average molecular weight is 426 g/mol. The summed E-state index contributed by atoms with van der Waals surface area (Å²) in [5.41, 5.74) is 1.64. The maximum Gasteiger partial charge on any atom is 0.355 e. The van der Waals surface area contributed by atoms with Gasteiger partial charge in [-0.25, -0.2) is 9.59 Å². The Morgan fingerprint density at radius 3 is 2.47 bits per heavy atom. The molecule has 3 rings (SSSR count). The molecule has 2 aromatic rings. The standard InChI is InChI=1S/C23H20ClNO5/c1-28-22(26)18-10-5-6-13-25(21(18)23(27)29-2)17-9-7-8-16(14-17)15-30-20-12-4-3-11-19(20)24/h3-14H,15H2,1-2H3. The molecule has 0 unspecified atom stereocenters. The predicted molar refractivity (Wildman–Crippen MR) is 114 cm³/mol. The topological polar surface area (TPSA) is 65.1 Å². The number of hydrogen-bond donors (Lipinski definition) is 0. The number of para-hydroxylation sites is 1. The van der Waals surface area contributed by atoms with Crippen molar-refractivity contribution in [3.8, 4) is 5.75 Å². The molecule has 0 aliphatic carbocycles. The van der Waals surface area contributed by atoms with Crippen molar-refractivity contribution < 1.29 is 23.8 Å². The molecule has 0 radical (unpaired) electrons. The van der Waals surface area contributed by atoms with E-state index in [-0.39, 0.29) is 17.9 Å². The van der Waals surface area contributed by atoms with Crippen molar-refractivity contribution in [3.63, 3.8) is 0 Å². The molecule has 7 heteroatoms. The number of halogens is 1. The fourth-order valence-electron chi connectivity index (χ4n) is 2.88. The minimum absolute atomic E-state index is 0.0542. The summed E-state index contributed by atoms with van der Waals surface area (Å²) in [6, 6.07) is 14.6. The van der Waals surface area contributed by atoms with E-state index in [1.165, 1.54) is 20.3 Å². The molecule has 2 aromatic carbocycles. The molecule has 0 fully saturated rings. The van der Waals surface area contributed by atoms with Crippen LogP contribution in [0.1, 0.15) is 5.56 Å². The van der Waals surface area contributed by atoms with Crippen molar-refractivity contribution in [2.75, 3.05) is 19.1 Å². The largest absolute Gasteiger partial charge is 0.487 e. The van der Waals surface area contributed by atoms with Crippen LogP contribution in [0.25, 0.3) is 0 Å². The fourth-order valence-corrected chi connectivity index (χ4v) is 3.07. The molecular weight excluding hydrogens is 406 g/mol. The van der Waals surface area contributed by atoms with E-state index in [2.05, 4.69) is 0 Å². The third-order valence-electron chi connectivity index (χ3n) is 4.31. The zero-order chi connectivity index (χ0) is 21.5. The highest BCUT2D eigenvalue weighted by Crippen LogP contribution is 2.28. The van der Waals surface area contributed by atoms with Crippen LogP contribution in [0, 0.1) is 0 Å². The highest BCUT2D eigenvalue weighted by Gasteiger charge is 2.27. The third-order valence-corrected chi connectivity index (χ3v) is 4.62. The van der Waals surface area contributed by atoms with E-state index < -0.39 is 11.9 Å². The van der Waals surface area contributed by atoms with E-state index in [4.69, 9.17) is 25.8 Å². The molecule has 1 heterocycles. The maximum absolute atomic E-state index is 12.5. The summed E-state index contributed by atoms with van der Waals surface area (Å²) < 4.78 is 15.6. The van der Waals surface area contributed by atoms with Crippen LogP contribution in [0.15, 0.2) is 84.2 Å². The van der Waals surface area contributed by atoms with E-state index in [0.717, 1.165) is 5.56 Å². The van der Waals surface area contributed by atoms with Gasteiger partial charge in [0.05, 0.1) is 24.8 Å². The van der Waals surface area contributed by atoms with Gasteiger partial charge in [-0.15, -0.1) is 0 Å². The zero-order valence-corrected chi connectivity index (χ0v) is 17.3. The van der Waals surface area contributed by atoms with Gasteiger partial charge in [0.1, 0.15) is 18.1 Å². The van der Waals surface area contributed by atoms with Crippen LogP contribution in [0.2, 0.25) is 5.02 Å². The molecule has 0 bridgehead atoms. The number of carbonyl (C=O) groups is 2. The van der Waals surface area contributed by atoms with Gasteiger partial charge >= 0.3 is 11.9 Å². The highest BCUT2D eigenvalue weighted by molar-refractivity contribution is 6.32. The second kappa shape index (κ2) is 9.80. The Bertz CT molecular complexity index is 1040. The predicted octanol–water partition coefficient (Wildman–Crippen LogP) is 4.41. The van der Waals surface area contributed by atoms with E-state index in [9.17, 15) is 9.59 Å². The first kappa shape index (κ1) is 21.2. The van der Waals surface area contributed by atoms with Crippen LogP contribution in [0.3, 0.4) is 0 Å². The van der Waals surface area contributed by atoms with Gasteiger partial charge in [0.15, 0.2) is 0 Å². The molecule has 154 valence electrons. The number of hydrogen-bond acceptors (Lipinski definition) is 6. The van der Waals surface area contributed by atoms with Gasteiger partial charge in [-0.1, -0.05) is 41.9 Å². The van der Waals surface area contributed by atoms with E-state index in [0.29, 0.717) is 16.5 Å². The number of ether oxygens (including phenoxy) is 3. The highest BCUT2D eigenvalue weighted by atomic mass is 35.5. The van der Waals surface area contributed by atoms with Crippen molar-refractivity contribution in [1.82, 2.24) is 0 Å². The molecule has 0 saturated carbocycles. The average Bonchev–Trinajstić information content (AvgIpc) is 3.01. The number of rotatable bonds is 6. The van der Waals surface area contributed by atoms with Crippen LogP contribution >= 0.6 is 11.6 Å². The second-order valence-corrected chi connectivity index (χ2v) is 6.61. The molecule has 0 spiro atoms. The zero-order valence-electron chi connectivity index (χ0n) is 16.5. The first-order chi connectivity index (χ1) is 14.5. The Morgan fingerprint density at radius 2 is 1.73 bits per heavy atom. The Balaban J connectivity index is 1.95. The van der Waals surface area contributed by atoms with Gasteiger partial charge in [0.2, 0.25) is 0 Å². The number of esters is 2. The van der Waals surface area contributed by atoms with Crippen molar-refractivity contribution in [2.24, 2.45) is 0 Å². The lowest BCUT2D eigenvalue weighted by molar-refractivity contribution is -0.139. The minimum atomic E-state index is -0.663. The normalized spacial score (nSPS) is 13.1. The fraction of sp³-hybridized carbons (Fsp3) is 0.130. The summed E-state index contributed by atoms with van der Waals surface area (Å²) in [5, 5.41) is 0.522. The number of carbonyl (C=O) groups excluding carboxylic acids is 2. The first-order valence-electron chi connectivity index (χ1n) is 9.06. The Hall–Kier alpha value is -3.51. The molecule has 30 heavy (non-hydrogen) atoms. The van der Waals surface area contributed by atoms with E-state index in [1.54, 1.807) is 35.4 Å². The molecule has 0 amide bonds. The number of nitrogens with zero attached hydrogens (tertiary/aromatic N) is 1. The van der Waals surface area contributed by atoms with E-state index in [1.807, 2.05) is 36.4 Å². The Labute approximate surface area is 179 Å². The number of allylic oxidation sites excluding steroid dienone is 2. The van der Waals surface area contributed by atoms with Gasteiger partial charge in [0, 0.05) is 11.9 Å². The van der Waals surface area contributed by atoms with E-state index >= 15 is 0 Å². The number of anilines is 1. The summed E-state index contributed by atoms with van der Waals surface area (Å²) in [4.78, 5) is 26.4. The van der Waals surface area contributed by atoms with Crippen molar-refractivity contribution >= 4 is 29.2 Å². The molecule has 0 saturated heterocycles. The number of benzene rings is 2. The first-order valence-corrected chi connectivity index (χ1v) is 9.44. The smallest absolute Gasteiger partial charge is 0.355 e. The van der Waals surface area contributed by atoms with Gasteiger partial charge in [-0.2, -0.15) is 0 Å². The minimum Gasteiger partial charge on any atom is -0.487 e. The Morgan fingerprint density at radius 1 is 0.967 bits per heavy atom. The molecule has 0 N–H and O–H groups in total. The molecular formula is C23H20ClNO5. The van der Waals surface area contributed by atoms with Crippen LogP contribution in [0.5, 0.6) is 5.75 Å². The lowest BCUT2D eigenvalue weighted by Crippen LogP contribution is -2.27. The maximum atomic E-state index is 12.5. The summed E-state index contributed by atoms with van der Waals surface area (Å²) in [7, 11) is 2.52. The summed E-state index contributed by atoms with van der Waals surface area (Å²) in [6.45, 7) is 0.272. The molecule has 1 aliphatic rings. The monoisotopic (exact) mass is 425 g/mol. The van der Waals surface area contributed by atoms with Crippen molar-refractivity contribution in [2.45, 2.75) is 6.61 Å². The molecule has 6 nitrogen and oxygen atoms in total. The Kier molecular flexibility index (Phi) is 6.93. The van der Waals surface area contributed by atoms with Crippen LogP contribution in [-0.2, 0) is 25.7 Å². The van der Waals surface area contributed by atoms with Crippen LogP contribution in [0.4, 0.5) is 5.69 Å². The van der Waals surface area contributed by atoms with Gasteiger partial charge < -0.3 is 19.1 Å². The lowest BCUT2D eigenvalue weighted by Gasteiger charge is -2.23. The van der Waals surface area contributed by atoms with Gasteiger partial charge in [-0.05, 0) is 42.0 Å². The summed E-state index contributed by atoms with van der Waals surface area (Å²) in [6.07, 6.45) is 6.55. The molecule has 1 aliphatic heterocycles. The van der Waals surface area contributed by atoms with Crippen molar-refractivity contribution in [3.05, 3.63) is 94.8 Å². The molecule has 0 aromatic heterocycles. The third kappa shape index (κ3) is 4.72. The SMILES string of the molecule is COC(=O)C1=C(C(=O)OC)N(c2cccc(COc3ccccc3Cl)c2)C=CC=C1. The second-order valence-electron chi connectivity index (χ2n) is 6.21. The lowest BCUT2D eigenvalue weighted by atomic mass is 10.1.